The van der Waals surface area contributed by atoms with Crippen LogP contribution in [0, 0.1) is 0 Å². The van der Waals surface area contributed by atoms with E-state index in [4.69, 9.17) is 21.3 Å². The number of rotatable bonds is 10. The Balaban J connectivity index is 2.07. The molecule has 0 aliphatic carbocycles. The number of carboxylic acid groups (broad SMARTS) is 1. The highest BCUT2D eigenvalue weighted by Gasteiger charge is 2.35. The van der Waals surface area contributed by atoms with Gasteiger partial charge < -0.3 is 35.3 Å². The molecule has 10 nitrogen and oxygen atoms in total. The number of carbonyl (C=O) groups is 2. The molecule has 0 spiro atoms. The van der Waals surface area contributed by atoms with E-state index in [1.54, 1.807) is 19.2 Å². The SMILES string of the molecule is CNc1nc2c(c(NC)c(NC)n2CCN2CCCC2=O)c(-c2ccc(Cl)cc2)c1[C@H](OC(C)(C)C)C(=O)O. The van der Waals surface area contributed by atoms with Crippen LogP contribution in [0.25, 0.3) is 22.2 Å². The average molecular weight is 557 g/mol. The topological polar surface area (TPSA) is 121 Å². The van der Waals surface area contributed by atoms with Gasteiger partial charge in [0, 0.05) is 63.3 Å². The third-order valence-corrected chi connectivity index (χ3v) is 7.06. The van der Waals surface area contributed by atoms with Gasteiger partial charge in [0.1, 0.15) is 17.3 Å². The number of halogens is 1. The van der Waals surface area contributed by atoms with Crippen molar-refractivity contribution in [2.24, 2.45) is 0 Å². The summed E-state index contributed by atoms with van der Waals surface area (Å²) in [5.41, 5.74) is 2.54. The van der Waals surface area contributed by atoms with Gasteiger partial charge in [-0.15, -0.1) is 0 Å². The number of carboxylic acids is 1. The molecule has 39 heavy (non-hydrogen) atoms. The predicted octanol–water partition coefficient (Wildman–Crippen LogP) is 5.05. The van der Waals surface area contributed by atoms with Crippen molar-refractivity contribution < 1.29 is 19.4 Å². The minimum Gasteiger partial charge on any atom is -0.479 e. The number of nitrogens with zero attached hydrogens (tertiary/aromatic N) is 3. The van der Waals surface area contributed by atoms with Crippen LogP contribution in [0.5, 0.6) is 0 Å². The van der Waals surface area contributed by atoms with Crippen molar-refractivity contribution >= 4 is 51.8 Å². The Morgan fingerprint density at radius 3 is 2.33 bits per heavy atom. The quantitative estimate of drug-likeness (QED) is 0.274. The molecule has 4 N–H and O–H groups in total. The molecule has 1 aromatic carbocycles. The Morgan fingerprint density at radius 2 is 1.82 bits per heavy atom. The van der Waals surface area contributed by atoms with Crippen LogP contribution < -0.4 is 16.0 Å². The van der Waals surface area contributed by atoms with Gasteiger partial charge in [-0.05, 0) is 44.9 Å². The Labute approximate surface area is 233 Å². The predicted molar refractivity (Wildman–Crippen MR) is 156 cm³/mol. The maximum Gasteiger partial charge on any atom is 0.337 e. The monoisotopic (exact) mass is 556 g/mol. The number of carbonyl (C=O) groups excluding carboxylic acids is 1. The fourth-order valence-corrected chi connectivity index (χ4v) is 5.34. The number of fused-ring (bicyclic) bond motifs is 1. The van der Waals surface area contributed by atoms with Crippen molar-refractivity contribution in [1.82, 2.24) is 14.5 Å². The van der Waals surface area contributed by atoms with Gasteiger partial charge in [0.05, 0.1) is 16.7 Å². The van der Waals surface area contributed by atoms with E-state index < -0.39 is 17.7 Å². The lowest BCUT2D eigenvalue weighted by molar-refractivity contribution is -0.160. The van der Waals surface area contributed by atoms with Gasteiger partial charge in [-0.1, -0.05) is 23.7 Å². The number of aromatic nitrogens is 2. The number of nitrogens with one attached hydrogen (secondary N) is 3. The molecule has 210 valence electrons. The number of anilines is 3. The van der Waals surface area contributed by atoms with E-state index in [0.717, 1.165) is 35.4 Å². The molecule has 0 bridgehead atoms. The van der Waals surface area contributed by atoms with Gasteiger partial charge in [0.15, 0.2) is 6.10 Å². The minimum atomic E-state index is -1.30. The highest BCUT2D eigenvalue weighted by molar-refractivity contribution is 6.30. The maximum atomic E-state index is 12.7. The van der Waals surface area contributed by atoms with Crippen molar-refractivity contribution in [1.29, 1.82) is 0 Å². The molecule has 0 radical (unpaired) electrons. The smallest absolute Gasteiger partial charge is 0.337 e. The normalized spacial score (nSPS) is 14.6. The Bertz CT molecular complexity index is 1380. The Hall–Kier alpha value is -3.50. The molecule has 1 saturated heterocycles. The van der Waals surface area contributed by atoms with Crippen LogP contribution in [0.3, 0.4) is 0 Å². The molecule has 1 aliphatic rings. The van der Waals surface area contributed by atoms with Crippen LogP contribution in [-0.2, 0) is 20.9 Å². The van der Waals surface area contributed by atoms with Gasteiger partial charge in [-0.25, -0.2) is 9.78 Å². The van der Waals surface area contributed by atoms with Crippen molar-refractivity contribution in [3.8, 4) is 11.1 Å². The van der Waals surface area contributed by atoms with Gasteiger partial charge in [0.2, 0.25) is 5.91 Å². The summed E-state index contributed by atoms with van der Waals surface area (Å²) < 4.78 is 8.17. The first-order valence-corrected chi connectivity index (χ1v) is 13.5. The average Bonchev–Trinajstić information content (AvgIpc) is 3.44. The van der Waals surface area contributed by atoms with Gasteiger partial charge in [0.25, 0.3) is 0 Å². The van der Waals surface area contributed by atoms with E-state index >= 15 is 0 Å². The molecule has 0 saturated carbocycles. The number of pyridine rings is 1. The first-order valence-electron chi connectivity index (χ1n) is 13.1. The summed E-state index contributed by atoms with van der Waals surface area (Å²) >= 11 is 6.24. The van der Waals surface area contributed by atoms with Crippen molar-refractivity contribution in [2.45, 2.75) is 51.9 Å². The maximum absolute atomic E-state index is 12.7. The van der Waals surface area contributed by atoms with E-state index in [1.807, 2.05) is 56.5 Å². The summed E-state index contributed by atoms with van der Waals surface area (Å²) in [5, 5.41) is 21.4. The van der Waals surface area contributed by atoms with Crippen LogP contribution >= 0.6 is 11.6 Å². The van der Waals surface area contributed by atoms with E-state index in [0.29, 0.717) is 47.1 Å². The lowest BCUT2D eigenvalue weighted by Crippen LogP contribution is -2.29. The standard InChI is InChI=1S/C28H37ClN6O4/c1-28(2,3)39-23(27(37)38)21-19(16-9-11-17(29)12-10-16)20-22(30-4)26(32-6)35(25(20)33-24(21)31-5)15-14-34-13-7-8-18(34)36/h9-12,23,30,32H,7-8,13-15H2,1-6H3,(H,31,33)(H,37,38)/t23-/m0/s1. The van der Waals surface area contributed by atoms with E-state index in [-0.39, 0.29) is 5.91 Å². The van der Waals surface area contributed by atoms with Gasteiger partial charge in [-0.3, -0.25) is 4.79 Å². The van der Waals surface area contributed by atoms with Crippen molar-refractivity contribution in [3.63, 3.8) is 0 Å². The number of ether oxygens (including phenoxy) is 1. The number of benzene rings is 1. The molecule has 1 atom stereocenters. The van der Waals surface area contributed by atoms with Crippen LogP contribution in [0.15, 0.2) is 24.3 Å². The summed E-state index contributed by atoms with van der Waals surface area (Å²) in [6.45, 7) is 7.26. The molecule has 11 heteroatoms. The molecular weight excluding hydrogens is 520 g/mol. The van der Waals surface area contributed by atoms with E-state index in [1.165, 1.54) is 0 Å². The highest BCUT2D eigenvalue weighted by atomic mass is 35.5. The second-order valence-electron chi connectivity index (χ2n) is 10.5. The van der Waals surface area contributed by atoms with E-state index in [9.17, 15) is 14.7 Å². The van der Waals surface area contributed by atoms with Crippen LogP contribution in [0.2, 0.25) is 5.02 Å². The Morgan fingerprint density at radius 1 is 1.13 bits per heavy atom. The zero-order valence-corrected chi connectivity index (χ0v) is 24.1. The molecule has 4 rings (SSSR count). The lowest BCUT2D eigenvalue weighted by atomic mass is 9.93. The molecule has 0 unspecified atom stereocenters. The van der Waals surface area contributed by atoms with Gasteiger partial charge in [-0.2, -0.15) is 0 Å². The largest absolute Gasteiger partial charge is 0.479 e. The second-order valence-corrected chi connectivity index (χ2v) is 10.9. The molecule has 3 heterocycles. The summed E-state index contributed by atoms with van der Waals surface area (Å²) in [4.78, 5) is 31.9. The number of amides is 1. The fraction of sp³-hybridized carbons (Fsp3) is 0.464. The zero-order chi connectivity index (χ0) is 28.5. The second kappa shape index (κ2) is 11.3. The Kier molecular flexibility index (Phi) is 8.27. The summed E-state index contributed by atoms with van der Waals surface area (Å²) in [6, 6.07) is 7.30. The first-order chi connectivity index (χ1) is 18.5. The highest BCUT2D eigenvalue weighted by Crippen LogP contribution is 2.47. The number of aliphatic carboxylic acids is 1. The molecule has 1 fully saturated rings. The fourth-order valence-electron chi connectivity index (χ4n) is 5.21. The molecular formula is C28H37ClN6O4. The van der Waals surface area contributed by atoms with E-state index in [2.05, 4.69) is 16.0 Å². The lowest BCUT2D eigenvalue weighted by Gasteiger charge is -2.28. The summed E-state index contributed by atoms with van der Waals surface area (Å²) in [7, 11) is 5.37. The molecule has 1 aliphatic heterocycles. The third-order valence-electron chi connectivity index (χ3n) is 6.81. The molecule has 2 aromatic heterocycles. The summed E-state index contributed by atoms with van der Waals surface area (Å²) in [5.74, 6) is 0.211. The van der Waals surface area contributed by atoms with Crippen molar-refractivity contribution in [3.05, 3.63) is 34.9 Å². The third kappa shape index (κ3) is 5.62. The zero-order valence-electron chi connectivity index (χ0n) is 23.3. The van der Waals surface area contributed by atoms with Crippen LogP contribution in [0.1, 0.15) is 45.3 Å². The molecule has 1 amide bonds. The van der Waals surface area contributed by atoms with Crippen molar-refractivity contribution in [2.75, 3.05) is 50.2 Å². The van der Waals surface area contributed by atoms with Crippen LogP contribution in [-0.4, -0.2) is 71.3 Å². The first kappa shape index (κ1) is 28.5. The minimum absolute atomic E-state index is 0.156. The summed E-state index contributed by atoms with van der Waals surface area (Å²) in [6.07, 6.45) is 0.134. The number of hydrogen-bond donors (Lipinski definition) is 4. The molecule has 3 aromatic rings. The van der Waals surface area contributed by atoms with Crippen LogP contribution in [0.4, 0.5) is 17.3 Å². The van der Waals surface area contributed by atoms with Gasteiger partial charge >= 0.3 is 5.97 Å². The number of hydrogen-bond acceptors (Lipinski definition) is 7. The number of likely N-dealkylation sites (tertiary alicyclic amines) is 1.